The van der Waals surface area contributed by atoms with Crippen LogP contribution in [0.4, 0.5) is 0 Å². The molecule has 4 heteroatoms. The third kappa shape index (κ3) is 6.55. The number of hydrogen-bond acceptors (Lipinski definition) is 4. The Bertz CT molecular complexity index is 864. The molecule has 1 aliphatic heterocycles. The van der Waals surface area contributed by atoms with Crippen LogP contribution in [0.15, 0.2) is 36.4 Å². The summed E-state index contributed by atoms with van der Waals surface area (Å²) in [7, 11) is 0. The molecule has 174 valence electrons. The molecule has 1 saturated heterocycles. The van der Waals surface area contributed by atoms with Crippen LogP contribution in [-0.2, 0) is 16.1 Å². The Labute approximate surface area is 193 Å². The predicted octanol–water partition coefficient (Wildman–Crippen LogP) is 5.86. The SMILES string of the molecule is CC(C)COCC1CCC(Oc2ccc3cc(CN4CCC(C=O)CC4)ccc3c2)CC1. The van der Waals surface area contributed by atoms with Crippen molar-refractivity contribution in [3.8, 4) is 5.75 Å². The minimum Gasteiger partial charge on any atom is -0.490 e. The third-order valence-electron chi connectivity index (χ3n) is 7.01. The summed E-state index contributed by atoms with van der Waals surface area (Å²) in [4.78, 5) is 13.4. The molecular formula is C28H39NO3. The summed E-state index contributed by atoms with van der Waals surface area (Å²) in [6.07, 6.45) is 8.06. The predicted molar refractivity (Wildman–Crippen MR) is 130 cm³/mol. The van der Waals surface area contributed by atoms with Gasteiger partial charge in [-0.25, -0.2) is 0 Å². The fourth-order valence-corrected chi connectivity index (χ4v) is 5.03. The van der Waals surface area contributed by atoms with Crippen LogP contribution in [0.5, 0.6) is 5.75 Å². The number of carbonyl (C=O) groups is 1. The molecule has 0 radical (unpaired) electrons. The van der Waals surface area contributed by atoms with E-state index in [2.05, 4.69) is 55.1 Å². The van der Waals surface area contributed by atoms with Gasteiger partial charge in [-0.05, 0) is 98.0 Å². The highest BCUT2D eigenvalue weighted by Gasteiger charge is 2.23. The Morgan fingerprint density at radius 2 is 1.69 bits per heavy atom. The Hall–Kier alpha value is -1.91. The Balaban J connectivity index is 1.27. The van der Waals surface area contributed by atoms with E-state index in [0.717, 1.165) is 70.6 Å². The molecule has 2 aromatic carbocycles. The number of benzene rings is 2. The lowest BCUT2D eigenvalue weighted by atomic mass is 9.88. The van der Waals surface area contributed by atoms with Crippen molar-refractivity contribution >= 4 is 17.1 Å². The zero-order valence-electron chi connectivity index (χ0n) is 19.8. The number of carbonyl (C=O) groups excluding carboxylic acids is 1. The van der Waals surface area contributed by atoms with Gasteiger partial charge in [0.05, 0.1) is 6.10 Å². The highest BCUT2D eigenvalue weighted by Crippen LogP contribution is 2.30. The molecule has 2 aliphatic rings. The fourth-order valence-electron chi connectivity index (χ4n) is 5.03. The van der Waals surface area contributed by atoms with Crippen LogP contribution in [0.1, 0.15) is 57.9 Å². The Morgan fingerprint density at radius 3 is 2.41 bits per heavy atom. The molecule has 0 unspecified atom stereocenters. The van der Waals surface area contributed by atoms with Gasteiger partial charge in [0, 0.05) is 25.7 Å². The van der Waals surface area contributed by atoms with Crippen LogP contribution >= 0.6 is 0 Å². The summed E-state index contributed by atoms with van der Waals surface area (Å²) in [5, 5.41) is 2.50. The lowest BCUT2D eigenvalue weighted by Crippen LogP contribution is -2.33. The van der Waals surface area contributed by atoms with Gasteiger partial charge >= 0.3 is 0 Å². The monoisotopic (exact) mass is 437 g/mol. The van der Waals surface area contributed by atoms with Crippen LogP contribution in [0.2, 0.25) is 0 Å². The molecule has 0 spiro atoms. The lowest BCUT2D eigenvalue weighted by molar-refractivity contribution is -0.112. The zero-order valence-corrected chi connectivity index (χ0v) is 19.8. The van der Waals surface area contributed by atoms with Gasteiger partial charge in [0.1, 0.15) is 12.0 Å². The quantitative estimate of drug-likeness (QED) is 0.461. The smallest absolute Gasteiger partial charge is 0.123 e. The van der Waals surface area contributed by atoms with Crippen molar-refractivity contribution < 1.29 is 14.3 Å². The van der Waals surface area contributed by atoms with Gasteiger partial charge in [-0.15, -0.1) is 0 Å². The van der Waals surface area contributed by atoms with Gasteiger partial charge in [0.2, 0.25) is 0 Å². The number of aldehydes is 1. The number of likely N-dealkylation sites (tertiary alicyclic amines) is 1. The first-order valence-electron chi connectivity index (χ1n) is 12.5. The molecule has 2 fully saturated rings. The molecule has 0 atom stereocenters. The molecule has 4 nitrogen and oxygen atoms in total. The molecule has 0 bridgehead atoms. The van der Waals surface area contributed by atoms with Crippen LogP contribution in [-0.4, -0.2) is 43.6 Å². The maximum absolute atomic E-state index is 11.0. The molecule has 0 aromatic heterocycles. The first-order chi connectivity index (χ1) is 15.6. The third-order valence-corrected chi connectivity index (χ3v) is 7.01. The van der Waals surface area contributed by atoms with Crippen molar-refractivity contribution in [1.82, 2.24) is 4.90 Å². The fraction of sp³-hybridized carbons (Fsp3) is 0.607. The number of hydrogen-bond donors (Lipinski definition) is 0. The molecule has 1 saturated carbocycles. The molecule has 1 heterocycles. The molecular weight excluding hydrogens is 398 g/mol. The van der Waals surface area contributed by atoms with E-state index in [-0.39, 0.29) is 5.92 Å². The molecule has 2 aromatic rings. The van der Waals surface area contributed by atoms with E-state index < -0.39 is 0 Å². The Morgan fingerprint density at radius 1 is 0.969 bits per heavy atom. The number of rotatable bonds is 9. The van der Waals surface area contributed by atoms with E-state index in [9.17, 15) is 4.79 Å². The maximum atomic E-state index is 11.0. The molecule has 32 heavy (non-hydrogen) atoms. The van der Waals surface area contributed by atoms with E-state index in [1.165, 1.54) is 29.2 Å². The number of piperidine rings is 1. The van der Waals surface area contributed by atoms with E-state index in [1.807, 2.05) is 0 Å². The van der Waals surface area contributed by atoms with E-state index in [1.54, 1.807) is 0 Å². The van der Waals surface area contributed by atoms with E-state index >= 15 is 0 Å². The summed E-state index contributed by atoms with van der Waals surface area (Å²) in [5.74, 6) is 2.54. The first-order valence-corrected chi connectivity index (χ1v) is 12.5. The zero-order chi connectivity index (χ0) is 22.3. The van der Waals surface area contributed by atoms with Crippen molar-refractivity contribution in [3.63, 3.8) is 0 Å². The second-order valence-electron chi connectivity index (χ2n) is 10.3. The lowest BCUT2D eigenvalue weighted by Gasteiger charge is -2.29. The largest absolute Gasteiger partial charge is 0.490 e. The summed E-state index contributed by atoms with van der Waals surface area (Å²) < 4.78 is 12.2. The number of fused-ring (bicyclic) bond motifs is 1. The van der Waals surface area contributed by atoms with Crippen molar-refractivity contribution in [2.75, 3.05) is 26.3 Å². The van der Waals surface area contributed by atoms with Crippen LogP contribution < -0.4 is 4.74 Å². The minimum absolute atomic E-state index is 0.259. The average Bonchev–Trinajstić information content (AvgIpc) is 2.80. The van der Waals surface area contributed by atoms with Crippen LogP contribution in [0.3, 0.4) is 0 Å². The normalized spacial score (nSPS) is 23.0. The summed E-state index contributed by atoms with van der Waals surface area (Å²) in [6.45, 7) is 9.17. The second-order valence-corrected chi connectivity index (χ2v) is 10.3. The summed E-state index contributed by atoms with van der Waals surface area (Å²) in [5.41, 5.74) is 1.34. The van der Waals surface area contributed by atoms with Crippen molar-refractivity contribution in [3.05, 3.63) is 42.0 Å². The van der Waals surface area contributed by atoms with Gasteiger partial charge in [-0.3, -0.25) is 4.90 Å². The van der Waals surface area contributed by atoms with Crippen molar-refractivity contribution in [2.24, 2.45) is 17.8 Å². The van der Waals surface area contributed by atoms with E-state index in [0.29, 0.717) is 17.9 Å². The van der Waals surface area contributed by atoms with Crippen molar-refractivity contribution in [2.45, 2.75) is 65.0 Å². The average molecular weight is 438 g/mol. The maximum Gasteiger partial charge on any atom is 0.123 e. The molecule has 4 rings (SSSR count). The van der Waals surface area contributed by atoms with Gasteiger partial charge in [0.25, 0.3) is 0 Å². The van der Waals surface area contributed by atoms with Crippen LogP contribution in [0, 0.1) is 17.8 Å². The molecule has 0 N–H and O–H groups in total. The summed E-state index contributed by atoms with van der Waals surface area (Å²) >= 11 is 0. The van der Waals surface area contributed by atoms with Gasteiger partial charge < -0.3 is 14.3 Å². The number of ether oxygens (including phenoxy) is 2. The highest BCUT2D eigenvalue weighted by atomic mass is 16.5. The molecule has 0 amide bonds. The van der Waals surface area contributed by atoms with Gasteiger partial charge in [-0.1, -0.05) is 32.0 Å². The highest BCUT2D eigenvalue weighted by molar-refractivity contribution is 5.84. The first kappa shape index (κ1) is 23.3. The topological polar surface area (TPSA) is 38.8 Å². The van der Waals surface area contributed by atoms with Gasteiger partial charge in [0.15, 0.2) is 0 Å². The van der Waals surface area contributed by atoms with Crippen LogP contribution in [0.25, 0.3) is 10.8 Å². The van der Waals surface area contributed by atoms with E-state index in [4.69, 9.17) is 9.47 Å². The molecule has 1 aliphatic carbocycles. The van der Waals surface area contributed by atoms with Crippen molar-refractivity contribution in [1.29, 1.82) is 0 Å². The summed E-state index contributed by atoms with van der Waals surface area (Å²) in [6, 6.07) is 13.3. The number of nitrogens with zero attached hydrogens (tertiary/aromatic N) is 1. The standard InChI is InChI=1S/C28H39NO3/c1-21(2)19-31-20-23-4-8-27(9-5-23)32-28-10-7-25-15-24(3-6-26(25)16-28)17-29-13-11-22(18-30)12-14-29/h3,6-7,10,15-16,18,21-23,27H,4-5,8-9,11-14,17,19-20H2,1-2H3. The van der Waals surface area contributed by atoms with Gasteiger partial charge in [-0.2, -0.15) is 0 Å². The second kappa shape index (κ2) is 11.3. The Kier molecular flexibility index (Phi) is 8.20. The minimum atomic E-state index is 0.259.